The largest absolute Gasteiger partial charge is 0.345 e. The lowest BCUT2D eigenvalue weighted by Gasteiger charge is -2.02. The molecule has 0 aliphatic heterocycles. The number of carbonyl (C=O) groups excluding carboxylic acids is 1. The number of aromatic nitrogens is 3. The van der Waals surface area contributed by atoms with Gasteiger partial charge in [-0.2, -0.15) is 15.0 Å². The summed E-state index contributed by atoms with van der Waals surface area (Å²) in [6.45, 7) is 3.13. The Morgan fingerprint density at radius 1 is 1.54 bits per heavy atom. The first-order valence-electron chi connectivity index (χ1n) is 4.07. The highest BCUT2D eigenvalue weighted by molar-refractivity contribution is 8.13. The summed E-state index contributed by atoms with van der Waals surface area (Å²) in [5.74, 6) is 0.797. The summed E-state index contributed by atoms with van der Waals surface area (Å²) < 4.78 is 0. The number of amides is 1. The molecule has 0 unspecified atom stereocenters. The van der Waals surface area contributed by atoms with Crippen LogP contribution >= 0.6 is 11.8 Å². The Bertz CT molecular complexity index is 249. The van der Waals surface area contributed by atoms with E-state index in [-0.39, 0.29) is 5.24 Å². The lowest BCUT2D eigenvalue weighted by atomic mass is 10.6. The molecule has 6 heteroatoms. The summed E-state index contributed by atoms with van der Waals surface area (Å²) in [5, 5.41) is 10.6. The summed E-state index contributed by atoms with van der Waals surface area (Å²) in [7, 11) is 0. The molecule has 0 bridgehead atoms. The Balaban J connectivity index is 2.11. The van der Waals surface area contributed by atoms with Gasteiger partial charge in [0.1, 0.15) is 0 Å². The Labute approximate surface area is 80.9 Å². The highest BCUT2D eigenvalue weighted by Gasteiger charge is 1.98. The van der Waals surface area contributed by atoms with Crippen molar-refractivity contribution < 1.29 is 4.79 Å². The first-order chi connectivity index (χ1) is 6.33. The van der Waals surface area contributed by atoms with Crippen molar-refractivity contribution >= 4 is 17.0 Å². The van der Waals surface area contributed by atoms with Crippen LogP contribution in [0, 0.1) is 0 Å². The van der Waals surface area contributed by atoms with Gasteiger partial charge in [-0.25, -0.2) is 0 Å². The normalized spacial score (nSPS) is 9.92. The first kappa shape index (κ1) is 10.0. The lowest BCUT2D eigenvalue weighted by Crippen LogP contribution is -2.24. The molecule has 1 aromatic heterocycles. The van der Waals surface area contributed by atoms with Crippen LogP contribution < -0.4 is 5.32 Å². The summed E-state index contributed by atoms with van der Waals surface area (Å²) in [6.07, 6.45) is 3.23. The molecule has 0 radical (unpaired) electrons. The number of hydrogen-bond acceptors (Lipinski definition) is 4. The van der Waals surface area contributed by atoms with Gasteiger partial charge in [-0.05, 0) is 5.75 Å². The van der Waals surface area contributed by atoms with Crippen LogP contribution in [0.1, 0.15) is 6.92 Å². The summed E-state index contributed by atoms with van der Waals surface area (Å²) >= 11 is 1.27. The topological polar surface area (TPSA) is 59.8 Å². The zero-order valence-electron chi connectivity index (χ0n) is 7.43. The Kier molecular flexibility index (Phi) is 4.31. The zero-order valence-corrected chi connectivity index (χ0v) is 8.25. The molecule has 72 valence electrons. The molecular weight excluding hydrogens is 188 g/mol. The van der Waals surface area contributed by atoms with E-state index in [1.54, 1.807) is 12.4 Å². The first-order valence-corrected chi connectivity index (χ1v) is 5.06. The summed E-state index contributed by atoms with van der Waals surface area (Å²) in [5.41, 5.74) is 0. The smallest absolute Gasteiger partial charge is 0.279 e. The van der Waals surface area contributed by atoms with Crippen LogP contribution in [0.5, 0.6) is 0 Å². The van der Waals surface area contributed by atoms with Crippen LogP contribution in [0.4, 0.5) is 4.79 Å². The van der Waals surface area contributed by atoms with E-state index in [0.717, 1.165) is 5.75 Å². The van der Waals surface area contributed by atoms with Crippen molar-refractivity contribution in [3.8, 4) is 0 Å². The molecule has 0 aliphatic rings. The predicted molar refractivity (Wildman–Crippen MR) is 51.6 cm³/mol. The second kappa shape index (κ2) is 5.58. The molecular formula is C7H12N4OS. The van der Waals surface area contributed by atoms with E-state index in [4.69, 9.17) is 0 Å². The van der Waals surface area contributed by atoms with E-state index in [1.807, 2.05) is 6.92 Å². The van der Waals surface area contributed by atoms with Gasteiger partial charge < -0.3 is 5.32 Å². The Morgan fingerprint density at radius 2 is 2.23 bits per heavy atom. The van der Waals surface area contributed by atoms with Crippen LogP contribution in [0.15, 0.2) is 12.4 Å². The van der Waals surface area contributed by atoms with E-state index in [2.05, 4.69) is 15.5 Å². The van der Waals surface area contributed by atoms with Gasteiger partial charge in [0.15, 0.2) is 0 Å². The maximum atomic E-state index is 11.0. The summed E-state index contributed by atoms with van der Waals surface area (Å²) in [4.78, 5) is 12.5. The highest BCUT2D eigenvalue weighted by Crippen LogP contribution is 1.98. The number of nitrogens with zero attached hydrogens (tertiary/aromatic N) is 3. The second-order valence-electron chi connectivity index (χ2n) is 2.27. The second-order valence-corrected chi connectivity index (χ2v) is 3.51. The minimum Gasteiger partial charge on any atom is -0.345 e. The Morgan fingerprint density at radius 3 is 2.85 bits per heavy atom. The molecule has 13 heavy (non-hydrogen) atoms. The van der Waals surface area contributed by atoms with Gasteiger partial charge in [-0.3, -0.25) is 4.79 Å². The van der Waals surface area contributed by atoms with Crippen LogP contribution in [0.25, 0.3) is 0 Å². The van der Waals surface area contributed by atoms with E-state index in [9.17, 15) is 4.79 Å². The number of thioether (sulfide) groups is 1. The third-order valence-corrected chi connectivity index (χ3v) is 2.02. The molecule has 0 saturated heterocycles. The minimum atomic E-state index is 0.00894. The monoisotopic (exact) mass is 200 g/mol. The van der Waals surface area contributed by atoms with Gasteiger partial charge in [0.25, 0.3) is 5.24 Å². The van der Waals surface area contributed by atoms with Crippen molar-refractivity contribution in [2.75, 3.05) is 12.3 Å². The molecule has 0 aromatic carbocycles. The van der Waals surface area contributed by atoms with Crippen molar-refractivity contribution in [2.45, 2.75) is 13.5 Å². The fraction of sp³-hybridized carbons (Fsp3) is 0.571. The van der Waals surface area contributed by atoms with Crippen molar-refractivity contribution in [3.63, 3.8) is 0 Å². The van der Waals surface area contributed by atoms with Crippen molar-refractivity contribution in [3.05, 3.63) is 12.4 Å². The van der Waals surface area contributed by atoms with Gasteiger partial charge >= 0.3 is 0 Å². The average Bonchev–Trinajstić information content (AvgIpc) is 2.57. The number of carbonyl (C=O) groups is 1. The SMILES string of the molecule is CCSC(=O)NCCn1nccn1. The van der Waals surface area contributed by atoms with E-state index >= 15 is 0 Å². The maximum Gasteiger partial charge on any atom is 0.279 e. The van der Waals surface area contributed by atoms with E-state index < -0.39 is 0 Å². The molecule has 1 rings (SSSR count). The molecule has 0 atom stereocenters. The van der Waals surface area contributed by atoms with Gasteiger partial charge in [-0.15, -0.1) is 0 Å². The number of hydrogen-bond donors (Lipinski definition) is 1. The summed E-state index contributed by atoms with van der Waals surface area (Å²) in [6, 6.07) is 0. The standard InChI is InChI=1S/C7H12N4OS/c1-2-13-7(12)8-5-6-11-9-3-4-10-11/h3-4H,2,5-6H2,1H3,(H,8,12). The van der Waals surface area contributed by atoms with Gasteiger partial charge in [0, 0.05) is 6.54 Å². The molecule has 1 aromatic rings. The fourth-order valence-electron chi connectivity index (χ4n) is 0.799. The Hall–Kier alpha value is -1.04. The molecule has 0 fully saturated rings. The van der Waals surface area contributed by atoms with Crippen molar-refractivity contribution in [1.29, 1.82) is 0 Å². The van der Waals surface area contributed by atoms with Crippen LogP contribution in [-0.4, -0.2) is 32.5 Å². The molecule has 0 spiro atoms. The van der Waals surface area contributed by atoms with Gasteiger partial charge in [-0.1, -0.05) is 18.7 Å². The average molecular weight is 200 g/mol. The van der Waals surface area contributed by atoms with Crippen molar-refractivity contribution in [1.82, 2.24) is 20.3 Å². The number of nitrogens with one attached hydrogen (secondary N) is 1. The van der Waals surface area contributed by atoms with E-state index in [1.165, 1.54) is 16.6 Å². The fourth-order valence-corrected chi connectivity index (χ4v) is 1.27. The molecule has 1 N–H and O–H groups in total. The molecule has 0 aliphatic carbocycles. The number of rotatable bonds is 4. The maximum absolute atomic E-state index is 11.0. The third-order valence-electron chi connectivity index (χ3n) is 1.32. The van der Waals surface area contributed by atoms with E-state index in [0.29, 0.717) is 13.1 Å². The quantitative estimate of drug-likeness (QED) is 0.778. The molecule has 1 heterocycles. The highest BCUT2D eigenvalue weighted by atomic mass is 32.2. The van der Waals surface area contributed by atoms with Gasteiger partial charge in [0.2, 0.25) is 0 Å². The van der Waals surface area contributed by atoms with Crippen molar-refractivity contribution in [2.24, 2.45) is 0 Å². The van der Waals surface area contributed by atoms with Crippen LogP contribution in [-0.2, 0) is 6.54 Å². The zero-order chi connectivity index (χ0) is 9.52. The van der Waals surface area contributed by atoms with Crippen LogP contribution in [0.3, 0.4) is 0 Å². The van der Waals surface area contributed by atoms with Crippen LogP contribution in [0.2, 0.25) is 0 Å². The molecule has 5 nitrogen and oxygen atoms in total. The molecule has 0 saturated carbocycles. The van der Waals surface area contributed by atoms with Gasteiger partial charge in [0.05, 0.1) is 18.9 Å². The minimum absolute atomic E-state index is 0.00894. The predicted octanol–water partition coefficient (Wildman–Crippen LogP) is 0.741. The lowest BCUT2D eigenvalue weighted by molar-refractivity contribution is 0.260. The molecule has 1 amide bonds. The third kappa shape index (κ3) is 3.93.